The molecule has 3 aromatic rings. The topological polar surface area (TPSA) is 78.9 Å². The molecule has 0 saturated heterocycles. The minimum Gasteiger partial charge on any atom is -0.354 e. The third kappa shape index (κ3) is 5.54. The van der Waals surface area contributed by atoms with Gasteiger partial charge in [0.25, 0.3) is 0 Å². The number of aromatic nitrogens is 2. The number of rotatable bonds is 7. The summed E-state index contributed by atoms with van der Waals surface area (Å²) < 4.78 is 0. The Labute approximate surface area is 165 Å². The third-order valence-electron chi connectivity index (χ3n) is 3.94. The van der Waals surface area contributed by atoms with Crippen LogP contribution in [0.5, 0.6) is 0 Å². The van der Waals surface area contributed by atoms with E-state index in [2.05, 4.69) is 39.8 Å². The van der Waals surface area contributed by atoms with Crippen molar-refractivity contribution in [2.45, 2.75) is 20.8 Å². The van der Waals surface area contributed by atoms with Gasteiger partial charge in [-0.25, -0.2) is 4.98 Å². The zero-order valence-corrected chi connectivity index (χ0v) is 16.4. The first kappa shape index (κ1) is 19.4. The van der Waals surface area contributed by atoms with Crippen molar-refractivity contribution in [1.82, 2.24) is 9.97 Å². The Morgan fingerprint density at radius 1 is 0.964 bits per heavy atom. The first-order chi connectivity index (χ1) is 13.5. The van der Waals surface area contributed by atoms with Crippen molar-refractivity contribution in [2.24, 2.45) is 5.92 Å². The minimum absolute atomic E-state index is 0.0927. The molecule has 6 heteroatoms. The molecule has 144 valence electrons. The molecule has 1 aromatic heterocycles. The summed E-state index contributed by atoms with van der Waals surface area (Å²) in [5.74, 6) is 1.69. The SMILES string of the molecule is CC(=O)Nc1ccc(Nc2cc(-c3ccccc3)nc(NCC(C)C)n2)cc1. The summed E-state index contributed by atoms with van der Waals surface area (Å²) in [6, 6.07) is 19.5. The summed E-state index contributed by atoms with van der Waals surface area (Å²) in [6.45, 7) is 6.57. The Bertz CT molecular complexity index is 923. The van der Waals surface area contributed by atoms with Gasteiger partial charge in [0.1, 0.15) is 5.82 Å². The van der Waals surface area contributed by atoms with E-state index in [1.165, 1.54) is 6.92 Å². The zero-order valence-electron chi connectivity index (χ0n) is 16.4. The lowest BCUT2D eigenvalue weighted by Gasteiger charge is -2.13. The average molecular weight is 375 g/mol. The fourth-order valence-electron chi connectivity index (χ4n) is 2.63. The quantitative estimate of drug-likeness (QED) is 0.547. The number of anilines is 4. The van der Waals surface area contributed by atoms with Crippen molar-refractivity contribution >= 4 is 29.0 Å². The largest absolute Gasteiger partial charge is 0.354 e. The Balaban J connectivity index is 1.86. The average Bonchev–Trinajstić information content (AvgIpc) is 2.68. The predicted molar refractivity (Wildman–Crippen MR) is 115 cm³/mol. The molecule has 0 saturated carbocycles. The van der Waals surface area contributed by atoms with Crippen LogP contribution in [0.1, 0.15) is 20.8 Å². The van der Waals surface area contributed by atoms with Crippen molar-refractivity contribution in [1.29, 1.82) is 0 Å². The lowest BCUT2D eigenvalue weighted by molar-refractivity contribution is -0.114. The molecule has 0 aliphatic rings. The second-order valence-corrected chi connectivity index (χ2v) is 6.99. The highest BCUT2D eigenvalue weighted by Gasteiger charge is 2.08. The van der Waals surface area contributed by atoms with Crippen LogP contribution in [0, 0.1) is 5.92 Å². The first-order valence-corrected chi connectivity index (χ1v) is 9.32. The fourth-order valence-corrected chi connectivity index (χ4v) is 2.63. The van der Waals surface area contributed by atoms with E-state index in [-0.39, 0.29) is 5.91 Å². The molecule has 0 spiro atoms. The van der Waals surface area contributed by atoms with E-state index >= 15 is 0 Å². The summed E-state index contributed by atoms with van der Waals surface area (Å²) in [5, 5.41) is 9.38. The highest BCUT2D eigenvalue weighted by atomic mass is 16.1. The molecule has 0 fully saturated rings. The van der Waals surface area contributed by atoms with E-state index < -0.39 is 0 Å². The van der Waals surface area contributed by atoms with E-state index in [1.807, 2.05) is 60.7 Å². The standard InChI is InChI=1S/C22H25N5O/c1-15(2)14-23-22-26-20(17-7-5-4-6-8-17)13-21(27-22)25-19-11-9-18(10-12-19)24-16(3)28/h4-13,15H,14H2,1-3H3,(H,24,28)(H2,23,25,26,27). The minimum atomic E-state index is -0.0927. The Hall–Kier alpha value is -3.41. The lowest BCUT2D eigenvalue weighted by atomic mass is 10.1. The molecule has 6 nitrogen and oxygen atoms in total. The number of nitrogens with one attached hydrogen (secondary N) is 3. The van der Waals surface area contributed by atoms with Gasteiger partial charge in [-0.1, -0.05) is 44.2 Å². The van der Waals surface area contributed by atoms with Crippen molar-refractivity contribution in [3.05, 3.63) is 60.7 Å². The van der Waals surface area contributed by atoms with Gasteiger partial charge in [0, 0.05) is 36.5 Å². The molecule has 3 rings (SSSR count). The molecule has 28 heavy (non-hydrogen) atoms. The molecule has 0 bridgehead atoms. The first-order valence-electron chi connectivity index (χ1n) is 9.32. The van der Waals surface area contributed by atoms with E-state index in [9.17, 15) is 4.79 Å². The molecule has 0 aliphatic carbocycles. The van der Waals surface area contributed by atoms with Crippen molar-refractivity contribution in [3.8, 4) is 11.3 Å². The van der Waals surface area contributed by atoms with Gasteiger partial charge in [-0.2, -0.15) is 4.98 Å². The van der Waals surface area contributed by atoms with Crippen LogP contribution in [0.2, 0.25) is 0 Å². The summed E-state index contributed by atoms with van der Waals surface area (Å²) >= 11 is 0. The van der Waals surface area contributed by atoms with Gasteiger partial charge >= 0.3 is 0 Å². The maximum Gasteiger partial charge on any atom is 0.225 e. The van der Waals surface area contributed by atoms with Crippen LogP contribution in [-0.2, 0) is 4.79 Å². The molecule has 1 heterocycles. The van der Waals surface area contributed by atoms with Crippen molar-refractivity contribution in [2.75, 3.05) is 22.5 Å². The van der Waals surface area contributed by atoms with E-state index in [0.29, 0.717) is 17.7 Å². The smallest absolute Gasteiger partial charge is 0.225 e. The van der Waals surface area contributed by atoms with Crippen LogP contribution in [-0.4, -0.2) is 22.4 Å². The number of amides is 1. The van der Waals surface area contributed by atoms with Gasteiger partial charge in [0.05, 0.1) is 5.69 Å². The molecule has 0 unspecified atom stereocenters. The predicted octanol–water partition coefficient (Wildman–Crippen LogP) is 4.91. The van der Waals surface area contributed by atoms with Crippen LogP contribution in [0.15, 0.2) is 60.7 Å². The normalized spacial score (nSPS) is 10.6. The van der Waals surface area contributed by atoms with E-state index in [1.54, 1.807) is 0 Å². The number of hydrogen-bond acceptors (Lipinski definition) is 5. The van der Waals surface area contributed by atoms with Crippen LogP contribution in [0.4, 0.5) is 23.1 Å². The number of nitrogens with zero attached hydrogens (tertiary/aromatic N) is 2. The van der Waals surface area contributed by atoms with Crippen LogP contribution >= 0.6 is 0 Å². The summed E-state index contributed by atoms with van der Waals surface area (Å²) in [5.41, 5.74) is 3.51. The summed E-state index contributed by atoms with van der Waals surface area (Å²) in [4.78, 5) is 20.4. The van der Waals surface area contributed by atoms with Crippen LogP contribution in [0.25, 0.3) is 11.3 Å². The van der Waals surface area contributed by atoms with Gasteiger partial charge in [0.15, 0.2) is 0 Å². The summed E-state index contributed by atoms with van der Waals surface area (Å²) in [7, 11) is 0. The molecular formula is C22H25N5O. The maximum atomic E-state index is 11.2. The van der Waals surface area contributed by atoms with Gasteiger partial charge in [-0.15, -0.1) is 0 Å². The monoisotopic (exact) mass is 375 g/mol. The van der Waals surface area contributed by atoms with Crippen molar-refractivity contribution < 1.29 is 4.79 Å². The summed E-state index contributed by atoms with van der Waals surface area (Å²) in [6.07, 6.45) is 0. The number of hydrogen-bond donors (Lipinski definition) is 3. The second kappa shape index (κ2) is 8.99. The number of carbonyl (C=O) groups is 1. The van der Waals surface area contributed by atoms with E-state index in [4.69, 9.17) is 0 Å². The Kier molecular flexibility index (Phi) is 6.22. The Morgan fingerprint density at radius 3 is 2.29 bits per heavy atom. The molecule has 0 radical (unpaired) electrons. The lowest BCUT2D eigenvalue weighted by Crippen LogP contribution is -2.11. The van der Waals surface area contributed by atoms with Crippen LogP contribution < -0.4 is 16.0 Å². The molecule has 3 N–H and O–H groups in total. The Morgan fingerprint density at radius 2 is 1.64 bits per heavy atom. The second-order valence-electron chi connectivity index (χ2n) is 6.99. The molecule has 1 amide bonds. The van der Waals surface area contributed by atoms with Crippen LogP contribution in [0.3, 0.4) is 0 Å². The molecular weight excluding hydrogens is 350 g/mol. The van der Waals surface area contributed by atoms with Gasteiger partial charge in [-0.05, 0) is 30.2 Å². The number of benzene rings is 2. The number of carbonyl (C=O) groups excluding carboxylic acids is 1. The van der Waals surface area contributed by atoms with Crippen molar-refractivity contribution in [3.63, 3.8) is 0 Å². The molecule has 2 aromatic carbocycles. The van der Waals surface area contributed by atoms with E-state index in [0.717, 1.165) is 29.2 Å². The third-order valence-corrected chi connectivity index (χ3v) is 3.94. The van der Waals surface area contributed by atoms with Gasteiger partial charge < -0.3 is 16.0 Å². The fraction of sp³-hybridized carbons (Fsp3) is 0.227. The molecule has 0 atom stereocenters. The maximum absolute atomic E-state index is 11.2. The highest BCUT2D eigenvalue weighted by molar-refractivity contribution is 5.88. The highest BCUT2D eigenvalue weighted by Crippen LogP contribution is 2.24. The zero-order chi connectivity index (χ0) is 19.9. The van der Waals surface area contributed by atoms with Gasteiger partial charge in [0.2, 0.25) is 11.9 Å². The van der Waals surface area contributed by atoms with Gasteiger partial charge in [-0.3, -0.25) is 4.79 Å². The molecule has 0 aliphatic heterocycles.